The van der Waals surface area contributed by atoms with Crippen molar-refractivity contribution in [2.75, 3.05) is 6.54 Å². The summed E-state index contributed by atoms with van der Waals surface area (Å²) >= 11 is 0. The van der Waals surface area contributed by atoms with Crippen LogP contribution in [0.2, 0.25) is 0 Å². The summed E-state index contributed by atoms with van der Waals surface area (Å²) in [4.78, 5) is 0. The number of unbranched alkanes of at least 4 members (excludes halogenated alkanes) is 1. The van der Waals surface area contributed by atoms with E-state index >= 15 is 0 Å². The van der Waals surface area contributed by atoms with Crippen molar-refractivity contribution in [3.63, 3.8) is 0 Å². The first kappa shape index (κ1) is 11.9. The Bertz CT molecular complexity index is 93.8. The van der Waals surface area contributed by atoms with Gasteiger partial charge >= 0.3 is 0 Å². The summed E-state index contributed by atoms with van der Waals surface area (Å²) < 4.78 is 0. The van der Waals surface area contributed by atoms with Gasteiger partial charge in [-0.15, -0.1) is 0 Å². The van der Waals surface area contributed by atoms with Crippen LogP contribution in [-0.2, 0) is 0 Å². The average Bonchev–Trinajstić information content (AvgIpc) is 2.11. The van der Waals surface area contributed by atoms with Crippen molar-refractivity contribution >= 4 is 0 Å². The summed E-state index contributed by atoms with van der Waals surface area (Å²) in [7, 11) is 0. The fourth-order valence-corrected chi connectivity index (χ4v) is 1.24. The van der Waals surface area contributed by atoms with Crippen molar-refractivity contribution in [1.82, 2.24) is 5.32 Å². The molecular weight excluding hydrogens is 148 g/mol. The van der Waals surface area contributed by atoms with Crippen LogP contribution >= 0.6 is 0 Å². The van der Waals surface area contributed by atoms with Crippen molar-refractivity contribution in [2.24, 2.45) is 5.73 Å². The van der Waals surface area contributed by atoms with E-state index in [-0.39, 0.29) is 0 Å². The molecule has 0 aromatic heterocycles. The molecule has 2 heteroatoms. The Labute approximate surface area is 76.9 Å². The van der Waals surface area contributed by atoms with Crippen molar-refractivity contribution in [1.29, 1.82) is 0 Å². The van der Waals surface area contributed by atoms with Gasteiger partial charge in [0.15, 0.2) is 0 Å². The highest BCUT2D eigenvalue weighted by molar-refractivity contribution is 4.71. The van der Waals surface area contributed by atoms with Crippen molar-refractivity contribution in [3.8, 4) is 0 Å². The zero-order valence-electron chi connectivity index (χ0n) is 8.77. The summed E-state index contributed by atoms with van der Waals surface area (Å²) in [5.74, 6) is 0. The monoisotopic (exact) mass is 172 g/mol. The molecule has 12 heavy (non-hydrogen) atoms. The summed E-state index contributed by atoms with van der Waals surface area (Å²) in [6, 6.07) is 1.13. The van der Waals surface area contributed by atoms with E-state index in [2.05, 4.69) is 26.1 Å². The Balaban J connectivity index is 3.51. The van der Waals surface area contributed by atoms with E-state index in [1.165, 1.54) is 25.7 Å². The Morgan fingerprint density at radius 3 is 2.42 bits per heavy atom. The molecule has 0 aromatic rings. The van der Waals surface area contributed by atoms with Crippen molar-refractivity contribution in [3.05, 3.63) is 0 Å². The predicted molar refractivity (Wildman–Crippen MR) is 55.3 cm³/mol. The molecule has 0 bridgehead atoms. The van der Waals surface area contributed by atoms with Gasteiger partial charge < -0.3 is 11.1 Å². The number of hydrogen-bond acceptors (Lipinski definition) is 2. The average molecular weight is 172 g/mol. The van der Waals surface area contributed by atoms with Crippen LogP contribution in [0.3, 0.4) is 0 Å². The third-order valence-corrected chi connectivity index (χ3v) is 2.32. The Morgan fingerprint density at radius 1 is 1.33 bits per heavy atom. The highest BCUT2D eigenvalue weighted by Crippen LogP contribution is 2.01. The van der Waals surface area contributed by atoms with Crippen LogP contribution < -0.4 is 11.1 Å². The second kappa shape index (κ2) is 7.56. The highest BCUT2D eigenvalue weighted by Gasteiger charge is 2.07. The lowest BCUT2D eigenvalue weighted by Crippen LogP contribution is -2.41. The maximum Gasteiger partial charge on any atom is 0.0192 e. The fraction of sp³-hybridized carbons (Fsp3) is 1.00. The van der Waals surface area contributed by atoms with Gasteiger partial charge in [-0.1, -0.05) is 26.7 Å². The molecule has 2 nitrogen and oxygen atoms in total. The molecule has 3 N–H and O–H groups in total. The van der Waals surface area contributed by atoms with Gasteiger partial charge in [0.2, 0.25) is 0 Å². The molecule has 0 aliphatic rings. The largest absolute Gasteiger partial charge is 0.329 e. The van der Waals surface area contributed by atoms with E-state index in [4.69, 9.17) is 5.73 Å². The Hall–Kier alpha value is -0.0800. The summed E-state index contributed by atoms with van der Waals surface area (Å²) in [6.07, 6.45) is 4.95. The van der Waals surface area contributed by atoms with Gasteiger partial charge in [-0.3, -0.25) is 0 Å². The normalized spacial score (nSPS) is 16.0. The molecule has 0 rings (SSSR count). The smallest absolute Gasteiger partial charge is 0.0192 e. The summed E-state index contributed by atoms with van der Waals surface area (Å²) in [6.45, 7) is 7.40. The van der Waals surface area contributed by atoms with E-state index < -0.39 is 0 Å². The number of nitrogens with two attached hydrogens (primary N) is 1. The van der Waals surface area contributed by atoms with Gasteiger partial charge in [-0.25, -0.2) is 0 Å². The number of hydrogen-bond donors (Lipinski definition) is 2. The van der Waals surface area contributed by atoms with Crippen molar-refractivity contribution < 1.29 is 0 Å². The quantitative estimate of drug-likeness (QED) is 0.615. The topological polar surface area (TPSA) is 38.0 Å². The lowest BCUT2D eigenvalue weighted by atomic mass is 10.1. The lowest BCUT2D eigenvalue weighted by molar-refractivity contribution is 0.412. The molecule has 0 saturated carbocycles. The second-order valence-electron chi connectivity index (χ2n) is 3.55. The minimum Gasteiger partial charge on any atom is -0.329 e. The lowest BCUT2D eigenvalue weighted by Gasteiger charge is -2.20. The first-order valence-electron chi connectivity index (χ1n) is 5.20. The molecule has 0 fully saturated rings. The van der Waals surface area contributed by atoms with Crippen LogP contribution in [0.4, 0.5) is 0 Å². The first-order valence-corrected chi connectivity index (χ1v) is 5.20. The van der Waals surface area contributed by atoms with Gasteiger partial charge in [0.1, 0.15) is 0 Å². The maximum atomic E-state index is 5.65. The zero-order chi connectivity index (χ0) is 9.40. The van der Waals surface area contributed by atoms with E-state index in [0.29, 0.717) is 12.1 Å². The molecule has 0 aliphatic carbocycles. The molecule has 74 valence electrons. The zero-order valence-corrected chi connectivity index (χ0v) is 8.77. The van der Waals surface area contributed by atoms with Gasteiger partial charge in [-0.2, -0.15) is 0 Å². The van der Waals surface area contributed by atoms with E-state index in [1.807, 2.05) is 0 Å². The standard InChI is InChI=1S/C10H24N2/c1-4-6-7-10(8-11)12-9(3)5-2/h9-10,12H,4-8,11H2,1-3H3. The maximum absolute atomic E-state index is 5.65. The van der Waals surface area contributed by atoms with Crippen LogP contribution in [0.15, 0.2) is 0 Å². The molecule has 0 aromatic carbocycles. The first-order chi connectivity index (χ1) is 5.74. The minimum atomic E-state index is 0.528. The Morgan fingerprint density at radius 2 is 2.00 bits per heavy atom. The number of nitrogens with one attached hydrogen (secondary N) is 1. The molecule has 2 atom stereocenters. The van der Waals surface area contributed by atoms with Crippen LogP contribution in [0.1, 0.15) is 46.5 Å². The molecule has 0 amide bonds. The predicted octanol–water partition coefficient (Wildman–Crippen LogP) is 1.89. The molecule has 0 heterocycles. The van der Waals surface area contributed by atoms with Gasteiger partial charge in [-0.05, 0) is 19.8 Å². The van der Waals surface area contributed by atoms with Gasteiger partial charge in [0, 0.05) is 18.6 Å². The number of rotatable bonds is 7. The fourth-order valence-electron chi connectivity index (χ4n) is 1.24. The minimum absolute atomic E-state index is 0.528. The molecule has 0 aliphatic heterocycles. The molecule has 2 unspecified atom stereocenters. The van der Waals surface area contributed by atoms with Crippen LogP contribution in [0, 0.1) is 0 Å². The Kier molecular flexibility index (Phi) is 7.51. The third-order valence-electron chi connectivity index (χ3n) is 2.32. The summed E-state index contributed by atoms with van der Waals surface area (Å²) in [5.41, 5.74) is 5.65. The third kappa shape index (κ3) is 5.56. The van der Waals surface area contributed by atoms with Crippen LogP contribution in [-0.4, -0.2) is 18.6 Å². The van der Waals surface area contributed by atoms with Crippen LogP contribution in [0.5, 0.6) is 0 Å². The van der Waals surface area contributed by atoms with Crippen molar-refractivity contribution in [2.45, 2.75) is 58.5 Å². The summed E-state index contributed by atoms with van der Waals surface area (Å²) in [5, 5.41) is 3.53. The molecule has 0 spiro atoms. The molecule has 0 radical (unpaired) electrons. The van der Waals surface area contributed by atoms with E-state index in [9.17, 15) is 0 Å². The second-order valence-corrected chi connectivity index (χ2v) is 3.55. The van der Waals surface area contributed by atoms with Gasteiger partial charge in [0.05, 0.1) is 0 Å². The van der Waals surface area contributed by atoms with E-state index in [0.717, 1.165) is 6.54 Å². The van der Waals surface area contributed by atoms with Crippen LogP contribution in [0.25, 0.3) is 0 Å². The molecular formula is C10H24N2. The SMILES string of the molecule is CCCCC(CN)NC(C)CC. The highest BCUT2D eigenvalue weighted by atomic mass is 15.0. The van der Waals surface area contributed by atoms with Gasteiger partial charge in [0.25, 0.3) is 0 Å². The molecule has 0 saturated heterocycles. The van der Waals surface area contributed by atoms with E-state index in [1.54, 1.807) is 0 Å².